The molecule has 0 aromatic heterocycles. The molecule has 0 aromatic carbocycles. The molecule has 1 N–H and O–H groups in total. The zero-order valence-corrected chi connectivity index (χ0v) is 12.3. The van der Waals surface area contributed by atoms with E-state index in [9.17, 15) is 10.1 Å². The van der Waals surface area contributed by atoms with Gasteiger partial charge in [-0.1, -0.05) is 32.6 Å². The zero-order valence-electron chi connectivity index (χ0n) is 11.5. The van der Waals surface area contributed by atoms with E-state index in [1.54, 1.807) is 11.8 Å². The van der Waals surface area contributed by atoms with Crippen molar-refractivity contribution in [1.29, 1.82) is 5.26 Å². The summed E-state index contributed by atoms with van der Waals surface area (Å²) >= 11 is 1.80. The van der Waals surface area contributed by atoms with Crippen molar-refractivity contribution in [2.24, 2.45) is 5.41 Å². The number of nitrogens with zero attached hydrogens (tertiary/aromatic N) is 1. The Balaban J connectivity index is 2.48. The number of thioether (sulfide) groups is 1. The fourth-order valence-electron chi connectivity index (χ4n) is 2.40. The van der Waals surface area contributed by atoms with Crippen molar-refractivity contribution in [1.82, 2.24) is 5.32 Å². The maximum absolute atomic E-state index is 12.2. The Morgan fingerprint density at radius 2 is 2.00 bits per heavy atom. The van der Waals surface area contributed by atoms with Crippen molar-refractivity contribution in [3.8, 4) is 6.07 Å². The van der Waals surface area contributed by atoms with Crippen LogP contribution in [0, 0.1) is 16.7 Å². The Bertz CT molecular complexity index is 303. The van der Waals surface area contributed by atoms with Crippen LogP contribution in [0.4, 0.5) is 0 Å². The van der Waals surface area contributed by atoms with Crippen LogP contribution in [0.5, 0.6) is 0 Å². The van der Waals surface area contributed by atoms with Gasteiger partial charge in [0.15, 0.2) is 0 Å². The van der Waals surface area contributed by atoms with Crippen molar-refractivity contribution in [3.63, 3.8) is 0 Å². The minimum Gasteiger partial charge on any atom is -0.355 e. The van der Waals surface area contributed by atoms with Crippen molar-refractivity contribution >= 4 is 17.7 Å². The topological polar surface area (TPSA) is 52.9 Å². The van der Waals surface area contributed by atoms with E-state index < -0.39 is 5.41 Å². The van der Waals surface area contributed by atoms with Crippen LogP contribution in [-0.2, 0) is 4.79 Å². The van der Waals surface area contributed by atoms with Crippen molar-refractivity contribution in [3.05, 3.63) is 0 Å². The minimum absolute atomic E-state index is 0.0415. The fourth-order valence-corrected chi connectivity index (χ4v) is 2.75. The van der Waals surface area contributed by atoms with Gasteiger partial charge in [-0.3, -0.25) is 4.79 Å². The summed E-state index contributed by atoms with van der Waals surface area (Å²) in [6, 6.07) is 2.29. The highest BCUT2D eigenvalue weighted by Gasteiger charge is 2.38. The number of rotatable bonds is 5. The smallest absolute Gasteiger partial charge is 0.240 e. The third kappa shape index (κ3) is 4.20. The monoisotopic (exact) mass is 268 g/mol. The number of hydrogen-bond acceptors (Lipinski definition) is 3. The Morgan fingerprint density at radius 1 is 1.39 bits per heavy atom. The number of amides is 1. The number of nitrogens with one attached hydrogen (secondary N) is 1. The molecule has 0 radical (unpaired) electrons. The third-order valence-electron chi connectivity index (χ3n) is 3.84. The summed E-state index contributed by atoms with van der Waals surface area (Å²) in [5.74, 6) is -0.0415. The first-order chi connectivity index (χ1) is 8.64. The molecule has 3 nitrogen and oxygen atoms in total. The molecule has 0 aliphatic heterocycles. The minimum atomic E-state index is -0.751. The average molecular weight is 268 g/mol. The number of carbonyl (C=O) groups excluding carboxylic acids is 1. The van der Waals surface area contributed by atoms with E-state index in [1.807, 2.05) is 0 Å². The molecule has 1 rings (SSSR count). The van der Waals surface area contributed by atoms with Crippen molar-refractivity contribution in [2.45, 2.75) is 57.1 Å². The van der Waals surface area contributed by atoms with Crippen LogP contribution in [0.15, 0.2) is 0 Å². The lowest BCUT2D eigenvalue weighted by Crippen LogP contribution is -2.40. The summed E-state index contributed by atoms with van der Waals surface area (Å²) in [6.07, 6.45) is 8.81. The van der Waals surface area contributed by atoms with E-state index in [-0.39, 0.29) is 5.91 Å². The van der Waals surface area contributed by atoms with Gasteiger partial charge < -0.3 is 5.32 Å². The lowest BCUT2D eigenvalue weighted by Gasteiger charge is -2.23. The summed E-state index contributed by atoms with van der Waals surface area (Å²) in [5.41, 5.74) is -0.751. The van der Waals surface area contributed by atoms with E-state index >= 15 is 0 Å². The molecule has 0 heterocycles. The highest BCUT2D eigenvalue weighted by Crippen LogP contribution is 2.34. The quantitative estimate of drug-likeness (QED) is 0.779. The first-order valence-electron chi connectivity index (χ1n) is 6.87. The highest BCUT2D eigenvalue weighted by molar-refractivity contribution is 7.99. The van der Waals surface area contributed by atoms with E-state index in [2.05, 4.69) is 24.6 Å². The van der Waals surface area contributed by atoms with Gasteiger partial charge in [0.2, 0.25) is 5.91 Å². The largest absolute Gasteiger partial charge is 0.355 e. The number of nitriles is 1. The summed E-state index contributed by atoms with van der Waals surface area (Å²) in [4.78, 5) is 12.2. The van der Waals surface area contributed by atoms with E-state index in [4.69, 9.17) is 0 Å². The van der Waals surface area contributed by atoms with Crippen LogP contribution in [0.1, 0.15) is 51.9 Å². The van der Waals surface area contributed by atoms with Crippen LogP contribution >= 0.6 is 11.8 Å². The molecule has 4 heteroatoms. The Labute approximate surface area is 115 Å². The lowest BCUT2D eigenvalue weighted by molar-refractivity contribution is -0.128. The van der Waals surface area contributed by atoms with Crippen molar-refractivity contribution in [2.75, 3.05) is 12.8 Å². The van der Waals surface area contributed by atoms with Gasteiger partial charge in [-0.2, -0.15) is 17.0 Å². The molecule has 1 saturated carbocycles. The van der Waals surface area contributed by atoms with Gasteiger partial charge in [0, 0.05) is 11.8 Å². The molecule has 1 amide bonds. The second kappa shape index (κ2) is 7.68. The molecule has 1 aliphatic rings. The summed E-state index contributed by atoms with van der Waals surface area (Å²) < 4.78 is 0. The van der Waals surface area contributed by atoms with E-state index in [0.717, 1.165) is 44.9 Å². The van der Waals surface area contributed by atoms with Gasteiger partial charge in [0.25, 0.3) is 0 Å². The van der Waals surface area contributed by atoms with Crippen LogP contribution in [-0.4, -0.2) is 24.0 Å². The summed E-state index contributed by atoms with van der Waals surface area (Å²) in [7, 11) is 0. The van der Waals surface area contributed by atoms with Crippen LogP contribution < -0.4 is 5.32 Å². The Morgan fingerprint density at radius 3 is 2.50 bits per heavy atom. The first-order valence-corrected chi connectivity index (χ1v) is 8.16. The lowest BCUT2D eigenvalue weighted by atomic mass is 9.81. The molecule has 1 aliphatic carbocycles. The molecule has 1 atom stereocenters. The van der Waals surface area contributed by atoms with Gasteiger partial charge >= 0.3 is 0 Å². The molecule has 1 fully saturated rings. The van der Waals surface area contributed by atoms with Gasteiger partial charge in [0.1, 0.15) is 5.41 Å². The van der Waals surface area contributed by atoms with E-state index in [0.29, 0.717) is 11.8 Å². The summed E-state index contributed by atoms with van der Waals surface area (Å²) in [5, 5.41) is 12.9. The fraction of sp³-hybridized carbons (Fsp3) is 0.857. The number of carbonyl (C=O) groups is 1. The maximum atomic E-state index is 12.2. The maximum Gasteiger partial charge on any atom is 0.240 e. The molecule has 0 aromatic rings. The second-order valence-electron chi connectivity index (χ2n) is 5.20. The van der Waals surface area contributed by atoms with Crippen LogP contribution in [0.3, 0.4) is 0 Å². The molecule has 1 unspecified atom stereocenters. The molecule has 0 spiro atoms. The van der Waals surface area contributed by atoms with Crippen LogP contribution in [0.2, 0.25) is 0 Å². The average Bonchev–Trinajstić information content (AvgIpc) is 2.64. The number of hydrogen-bond donors (Lipinski definition) is 1. The van der Waals surface area contributed by atoms with Gasteiger partial charge in [-0.25, -0.2) is 0 Å². The van der Waals surface area contributed by atoms with Gasteiger partial charge in [0.05, 0.1) is 6.07 Å². The molecule has 0 bridgehead atoms. The second-order valence-corrected chi connectivity index (χ2v) is 6.48. The van der Waals surface area contributed by atoms with Crippen LogP contribution in [0.25, 0.3) is 0 Å². The molecule has 102 valence electrons. The van der Waals surface area contributed by atoms with E-state index in [1.165, 1.54) is 0 Å². The Hall–Kier alpha value is -0.690. The zero-order chi connectivity index (χ0) is 13.4. The van der Waals surface area contributed by atoms with Gasteiger partial charge in [-0.05, 0) is 25.5 Å². The molecular weight excluding hydrogens is 244 g/mol. The summed E-state index contributed by atoms with van der Waals surface area (Å²) in [6.45, 7) is 2.84. The molecule has 0 saturated heterocycles. The SMILES string of the molecule is CSC(C)CCNC(=O)C1(C#N)CCCCCC1. The molecule has 18 heavy (non-hydrogen) atoms. The third-order valence-corrected chi connectivity index (χ3v) is 4.88. The first kappa shape index (κ1) is 15.4. The Kier molecular flexibility index (Phi) is 6.56. The normalized spacial score (nSPS) is 20.5. The van der Waals surface area contributed by atoms with Gasteiger partial charge in [-0.15, -0.1) is 0 Å². The van der Waals surface area contributed by atoms with Crippen molar-refractivity contribution < 1.29 is 4.79 Å². The predicted molar refractivity (Wildman–Crippen MR) is 76.4 cm³/mol. The predicted octanol–water partition coefficient (Wildman–Crippen LogP) is 3.11. The molecular formula is C14H24N2OS. The standard InChI is InChI=1S/C14H24N2OS/c1-12(18-2)7-10-16-13(17)14(11-15)8-5-3-4-6-9-14/h12H,3-10H2,1-2H3,(H,16,17). The highest BCUT2D eigenvalue weighted by atomic mass is 32.2.